The number of hydrogen-bond acceptors (Lipinski definition) is 4. The van der Waals surface area contributed by atoms with Gasteiger partial charge in [0.2, 0.25) is 5.91 Å². The first kappa shape index (κ1) is 22.5. The average Bonchev–Trinajstić information content (AvgIpc) is 3.23. The SMILES string of the molecule is CCOc1cc2occ(-c3cccc(OC)c3)c2cc1/C(C)=C/C(=O)Nc1ccccc1Cl. The summed E-state index contributed by atoms with van der Waals surface area (Å²) in [6.07, 6.45) is 3.26. The number of para-hydroxylation sites is 1. The van der Waals surface area contributed by atoms with Crippen molar-refractivity contribution in [1.29, 1.82) is 0 Å². The molecule has 1 amide bonds. The molecule has 4 rings (SSSR count). The van der Waals surface area contributed by atoms with Gasteiger partial charge in [0, 0.05) is 28.7 Å². The smallest absolute Gasteiger partial charge is 0.248 e. The highest BCUT2D eigenvalue weighted by atomic mass is 35.5. The van der Waals surface area contributed by atoms with E-state index in [0.717, 1.165) is 33.4 Å². The van der Waals surface area contributed by atoms with Gasteiger partial charge in [0.1, 0.15) is 17.1 Å². The van der Waals surface area contributed by atoms with E-state index in [1.165, 1.54) is 6.08 Å². The number of rotatable bonds is 7. The minimum atomic E-state index is -0.275. The van der Waals surface area contributed by atoms with Gasteiger partial charge < -0.3 is 19.2 Å². The van der Waals surface area contributed by atoms with Crippen LogP contribution >= 0.6 is 11.6 Å². The summed E-state index contributed by atoms with van der Waals surface area (Å²) in [6, 6.07) is 18.8. The van der Waals surface area contributed by atoms with E-state index >= 15 is 0 Å². The molecule has 6 heteroatoms. The molecule has 3 aromatic carbocycles. The Bertz CT molecular complexity index is 1340. The first-order chi connectivity index (χ1) is 16.0. The molecular formula is C27H24ClNO4. The van der Waals surface area contributed by atoms with E-state index in [-0.39, 0.29) is 5.91 Å². The summed E-state index contributed by atoms with van der Waals surface area (Å²) in [5, 5.41) is 4.22. The van der Waals surface area contributed by atoms with Crippen LogP contribution in [0.3, 0.4) is 0 Å². The Morgan fingerprint density at radius 1 is 1.12 bits per heavy atom. The Labute approximate surface area is 197 Å². The monoisotopic (exact) mass is 461 g/mol. The van der Waals surface area contributed by atoms with Crippen molar-refractivity contribution in [3.05, 3.63) is 83.6 Å². The Hall–Kier alpha value is -3.70. The maximum Gasteiger partial charge on any atom is 0.248 e. The van der Waals surface area contributed by atoms with Crippen molar-refractivity contribution < 1.29 is 18.7 Å². The number of nitrogens with one attached hydrogen (secondary N) is 1. The van der Waals surface area contributed by atoms with Crippen LogP contribution in [0.4, 0.5) is 5.69 Å². The molecule has 1 N–H and O–H groups in total. The lowest BCUT2D eigenvalue weighted by atomic mass is 9.99. The van der Waals surface area contributed by atoms with Crippen molar-refractivity contribution in [2.45, 2.75) is 13.8 Å². The molecule has 0 spiro atoms. The van der Waals surface area contributed by atoms with Crippen molar-refractivity contribution in [2.24, 2.45) is 0 Å². The van der Waals surface area contributed by atoms with E-state index in [1.54, 1.807) is 25.5 Å². The molecule has 168 valence electrons. The van der Waals surface area contributed by atoms with Crippen molar-refractivity contribution in [2.75, 3.05) is 19.0 Å². The van der Waals surface area contributed by atoms with Gasteiger partial charge in [-0.3, -0.25) is 4.79 Å². The van der Waals surface area contributed by atoms with Crippen LogP contribution in [0.5, 0.6) is 11.5 Å². The molecule has 1 aromatic heterocycles. The van der Waals surface area contributed by atoms with Crippen molar-refractivity contribution >= 4 is 39.7 Å². The molecule has 33 heavy (non-hydrogen) atoms. The second-order valence-electron chi connectivity index (χ2n) is 7.46. The van der Waals surface area contributed by atoms with Crippen LogP contribution in [0.25, 0.3) is 27.7 Å². The number of benzene rings is 3. The van der Waals surface area contributed by atoms with Gasteiger partial charge in [-0.25, -0.2) is 0 Å². The molecule has 1 heterocycles. The van der Waals surface area contributed by atoms with Gasteiger partial charge in [-0.05, 0) is 55.3 Å². The molecular weight excluding hydrogens is 438 g/mol. The molecule has 0 unspecified atom stereocenters. The number of fused-ring (bicyclic) bond motifs is 1. The topological polar surface area (TPSA) is 60.7 Å². The number of ether oxygens (including phenoxy) is 2. The van der Waals surface area contributed by atoms with Crippen LogP contribution in [0.15, 0.2) is 77.4 Å². The zero-order chi connectivity index (χ0) is 23.4. The highest BCUT2D eigenvalue weighted by Crippen LogP contribution is 2.38. The van der Waals surface area contributed by atoms with Crippen molar-refractivity contribution in [1.82, 2.24) is 0 Å². The molecule has 0 radical (unpaired) electrons. The third kappa shape index (κ3) is 4.89. The Balaban J connectivity index is 1.74. The predicted molar refractivity (Wildman–Crippen MR) is 133 cm³/mol. The summed E-state index contributed by atoms with van der Waals surface area (Å²) in [7, 11) is 1.64. The van der Waals surface area contributed by atoms with Crippen LogP contribution in [0, 0.1) is 0 Å². The number of halogens is 1. The van der Waals surface area contributed by atoms with Crippen molar-refractivity contribution in [3.63, 3.8) is 0 Å². The molecule has 0 saturated heterocycles. The molecule has 0 fully saturated rings. The number of anilines is 1. The zero-order valence-electron chi connectivity index (χ0n) is 18.6. The number of hydrogen-bond donors (Lipinski definition) is 1. The lowest BCUT2D eigenvalue weighted by molar-refractivity contribution is -0.111. The largest absolute Gasteiger partial charge is 0.497 e. The second kappa shape index (κ2) is 9.84. The number of allylic oxidation sites excluding steroid dienone is 1. The van der Waals surface area contributed by atoms with Crippen LogP contribution in [-0.2, 0) is 4.79 Å². The molecule has 4 aromatic rings. The lowest BCUT2D eigenvalue weighted by Gasteiger charge is -2.12. The van der Waals surface area contributed by atoms with Crippen LogP contribution in [-0.4, -0.2) is 19.6 Å². The molecule has 0 atom stereocenters. The maximum atomic E-state index is 12.7. The average molecular weight is 462 g/mol. The van der Waals surface area contributed by atoms with Gasteiger partial charge in [0.25, 0.3) is 0 Å². The fraction of sp³-hybridized carbons (Fsp3) is 0.148. The summed E-state index contributed by atoms with van der Waals surface area (Å²) < 4.78 is 17.1. The standard InChI is InChI=1S/C27H24ClNO4/c1-4-32-25-15-26-21(22(16-33-26)18-8-7-9-19(13-18)31-3)14-20(25)17(2)12-27(30)29-24-11-6-5-10-23(24)28/h5-16H,4H2,1-3H3,(H,29,30)/b17-12+. The summed E-state index contributed by atoms with van der Waals surface area (Å²) in [5.74, 6) is 1.14. The highest BCUT2D eigenvalue weighted by molar-refractivity contribution is 6.33. The fourth-order valence-corrected chi connectivity index (χ4v) is 3.84. The van der Waals surface area contributed by atoms with E-state index in [4.69, 9.17) is 25.5 Å². The quantitative estimate of drug-likeness (QED) is 0.295. The van der Waals surface area contributed by atoms with Gasteiger partial charge in [-0.15, -0.1) is 0 Å². The Kier molecular flexibility index (Phi) is 6.71. The van der Waals surface area contributed by atoms with Crippen LogP contribution in [0.1, 0.15) is 19.4 Å². The van der Waals surface area contributed by atoms with Gasteiger partial charge in [0.15, 0.2) is 0 Å². The summed E-state index contributed by atoms with van der Waals surface area (Å²) in [5.41, 5.74) is 4.73. The predicted octanol–water partition coefficient (Wildman–Crippen LogP) is 7.20. The van der Waals surface area contributed by atoms with E-state index in [9.17, 15) is 4.79 Å². The zero-order valence-corrected chi connectivity index (χ0v) is 19.4. The number of carbonyl (C=O) groups excluding carboxylic acids is 1. The minimum Gasteiger partial charge on any atom is -0.497 e. The minimum absolute atomic E-state index is 0.275. The van der Waals surface area contributed by atoms with Crippen LogP contribution in [0.2, 0.25) is 5.02 Å². The molecule has 0 aliphatic rings. The van der Waals surface area contributed by atoms with Crippen LogP contribution < -0.4 is 14.8 Å². The lowest BCUT2D eigenvalue weighted by Crippen LogP contribution is -2.09. The van der Waals surface area contributed by atoms with Gasteiger partial charge in [-0.2, -0.15) is 0 Å². The summed E-state index contributed by atoms with van der Waals surface area (Å²) in [4.78, 5) is 12.7. The number of methoxy groups -OCH3 is 1. The van der Waals surface area contributed by atoms with Gasteiger partial charge in [-0.1, -0.05) is 35.9 Å². The third-order valence-corrected chi connectivity index (χ3v) is 5.59. The second-order valence-corrected chi connectivity index (χ2v) is 7.86. The number of furan rings is 1. The molecule has 0 bridgehead atoms. The first-order valence-electron chi connectivity index (χ1n) is 10.6. The van der Waals surface area contributed by atoms with Crippen molar-refractivity contribution in [3.8, 4) is 22.6 Å². The number of amides is 1. The first-order valence-corrected chi connectivity index (χ1v) is 10.9. The Morgan fingerprint density at radius 3 is 2.70 bits per heavy atom. The fourth-order valence-electron chi connectivity index (χ4n) is 3.66. The molecule has 5 nitrogen and oxygen atoms in total. The summed E-state index contributed by atoms with van der Waals surface area (Å²) >= 11 is 6.16. The van der Waals surface area contributed by atoms with E-state index in [0.29, 0.717) is 28.6 Å². The molecule has 0 saturated carbocycles. The maximum absolute atomic E-state index is 12.7. The molecule has 0 aliphatic heterocycles. The van der Waals surface area contributed by atoms with E-state index in [1.807, 2.05) is 62.4 Å². The Morgan fingerprint density at radius 2 is 1.94 bits per heavy atom. The van der Waals surface area contributed by atoms with E-state index in [2.05, 4.69) is 5.32 Å². The van der Waals surface area contributed by atoms with E-state index < -0.39 is 0 Å². The number of carbonyl (C=O) groups is 1. The highest BCUT2D eigenvalue weighted by Gasteiger charge is 2.16. The third-order valence-electron chi connectivity index (χ3n) is 5.26. The summed E-state index contributed by atoms with van der Waals surface area (Å²) in [6.45, 7) is 4.28. The van der Waals surface area contributed by atoms with Gasteiger partial charge >= 0.3 is 0 Å². The normalized spacial score (nSPS) is 11.5. The molecule has 0 aliphatic carbocycles. The van der Waals surface area contributed by atoms with Gasteiger partial charge in [0.05, 0.1) is 30.7 Å².